The predicted molar refractivity (Wildman–Crippen MR) is 82.3 cm³/mol. The summed E-state index contributed by atoms with van der Waals surface area (Å²) in [6, 6.07) is 2.00. The molecule has 1 aromatic heterocycles. The molecule has 1 amide bonds. The Kier molecular flexibility index (Phi) is 4.10. The van der Waals surface area contributed by atoms with Crippen LogP contribution in [0.15, 0.2) is 18.3 Å². The fraction of sp³-hybridized carbons (Fsp3) is 0.375. The molecule has 1 aromatic carbocycles. The van der Waals surface area contributed by atoms with Gasteiger partial charge in [-0.25, -0.2) is 8.78 Å². The molecule has 4 nitrogen and oxygen atoms in total. The number of halogens is 3. The molecule has 0 saturated carbocycles. The summed E-state index contributed by atoms with van der Waals surface area (Å²) in [4.78, 5) is 14.3. The Hall–Kier alpha value is -1.95. The molecule has 2 aromatic rings. The van der Waals surface area contributed by atoms with E-state index in [-0.39, 0.29) is 11.6 Å². The van der Waals surface area contributed by atoms with Gasteiger partial charge in [0.25, 0.3) is 5.91 Å². The van der Waals surface area contributed by atoms with Gasteiger partial charge in [-0.2, -0.15) is 5.10 Å². The van der Waals surface area contributed by atoms with E-state index in [0.717, 1.165) is 36.2 Å². The maximum atomic E-state index is 14.1. The van der Waals surface area contributed by atoms with E-state index in [2.05, 4.69) is 5.10 Å². The second-order valence-corrected chi connectivity index (χ2v) is 6.07. The molecule has 1 aliphatic heterocycles. The van der Waals surface area contributed by atoms with Gasteiger partial charge in [0.05, 0.1) is 17.8 Å². The average Bonchev–Trinajstić information content (AvgIpc) is 3.12. The molecule has 7 heteroatoms. The second kappa shape index (κ2) is 5.92. The Balaban J connectivity index is 1.96. The average molecular weight is 340 g/mol. The predicted octanol–water partition coefficient (Wildman–Crippen LogP) is 3.64. The van der Waals surface area contributed by atoms with E-state index in [0.29, 0.717) is 6.54 Å². The van der Waals surface area contributed by atoms with Crippen molar-refractivity contribution in [2.45, 2.75) is 25.8 Å². The Morgan fingerprint density at radius 3 is 2.78 bits per heavy atom. The fourth-order valence-electron chi connectivity index (χ4n) is 3.02. The van der Waals surface area contributed by atoms with Crippen LogP contribution in [0.4, 0.5) is 8.78 Å². The Morgan fingerprint density at radius 1 is 1.39 bits per heavy atom. The van der Waals surface area contributed by atoms with Gasteiger partial charge in [-0.05, 0) is 31.9 Å². The zero-order valence-electron chi connectivity index (χ0n) is 12.8. The highest BCUT2D eigenvalue weighted by Gasteiger charge is 2.34. The molecule has 0 bridgehead atoms. The first kappa shape index (κ1) is 15.9. The largest absolute Gasteiger partial charge is 0.331 e. The van der Waals surface area contributed by atoms with Crippen LogP contribution in [-0.2, 0) is 7.05 Å². The van der Waals surface area contributed by atoms with Crippen molar-refractivity contribution in [2.75, 3.05) is 6.54 Å². The third-order valence-corrected chi connectivity index (χ3v) is 4.76. The standard InChI is InChI=1S/C16H16ClF2N3O/c1-9-11(8-20-21(9)2)13-4-3-7-22(13)16(23)10-5-6-12(18)14(17)15(10)19/h5-6,8,13H,3-4,7H2,1-2H3. The van der Waals surface area contributed by atoms with Crippen LogP contribution in [0.25, 0.3) is 0 Å². The number of aromatic nitrogens is 2. The minimum absolute atomic E-state index is 0.153. The lowest BCUT2D eigenvalue weighted by atomic mass is 10.0. The molecule has 3 rings (SSSR count). The third-order valence-electron chi connectivity index (χ3n) is 4.41. The monoisotopic (exact) mass is 339 g/mol. The van der Waals surface area contributed by atoms with Gasteiger partial charge >= 0.3 is 0 Å². The highest BCUT2D eigenvalue weighted by molar-refractivity contribution is 6.31. The molecular formula is C16H16ClF2N3O. The van der Waals surface area contributed by atoms with Gasteiger partial charge in [0, 0.05) is 24.8 Å². The van der Waals surface area contributed by atoms with Gasteiger partial charge in [-0.15, -0.1) is 0 Å². The smallest absolute Gasteiger partial charge is 0.257 e. The Labute approximate surface area is 137 Å². The van der Waals surface area contributed by atoms with E-state index in [1.165, 1.54) is 0 Å². The number of hydrogen-bond acceptors (Lipinski definition) is 2. The summed E-state index contributed by atoms with van der Waals surface area (Å²) in [5.74, 6) is -2.36. The zero-order chi connectivity index (χ0) is 16.7. The van der Waals surface area contributed by atoms with Gasteiger partial charge < -0.3 is 4.90 Å². The third kappa shape index (κ3) is 2.61. The molecule has 1 atom stereocenters. The van der Waals surface area contributed by atoms with Crippen molar-refractivity contribution in [3.05, 3.63) is 51.8 Å². The first-order valence-corrected chi connectivity index (χ1v) is 7.72. The molecule has 2 heterocycles. The molecule has 122 valence electrons. The number of hydrogen-bond donors (Lipinski definition) is 0. The summed E-state index contributed by atoms with van der Waals surface area (Å²) in [7, 11) is 1.83. The summed E-state index contributed by atoms with van der Waals surface area (Å²) in [5.41, 5.74) is 1.71. The van der Waals surface area contributed by atoms with Crippen LogP contribution in [-0.4, -0.2) is 27.1 Å². The molecule has 1 fully saturated rings. The zero-order valence-corrected chi connectivity index (χ0v) is 13.6. The second-order valence-electron chi connectivity index (χ2n) is 5.69. The van der Waals surface area contributed by atoms with Gasteiger partial charge in [-0.1, -0.05) is 11.6 Å². The molecular weight excluding hydrogens is 324 g/mol. The maximum Gasteiger partial charge on any atom is 0.257 e. The molecule has 1 saturated heterocycles. The van der Waals surface area contributed by atoms with Crippen molar-refractivity contribution in [1.82, 2.24) is 14.7 Å². The van der Waals surface area contributed by atoms with Crippen LogP contribution in [0, 0.1) is 18.6 Å². The van der Waals surface area contributed by atoms with Gasteiger partial charge in [0.15, 0.2) is 5.82 Å². The van der Waals surface area contributed by atoms with Crippen LogP contribution >= 0.6 is 11.6 Å². The number of nitrogens with zero attached hydrogens (tertiary/aromatic N) is 3. The van der Waals surface area contributed by atoms with Crippen LogP contribution in [0.1, 0.15) is 40.5 Å². The molecule has 1 unspecified atom stereocenters. The maximum absolute atomic E-state index is 14.1. The molecule has 0 radical (unpaired) electrons. The van der Waals surface area contributed by atoms with Crippen molar-refractivity contribution in [2.24, 2.45) is 7.05 Å². The molecule has 0 aliphatic carbocycles. The fourth-order valence-corrected chi connectivity index (χ4v) is 3.19. The number of aryl methyl sites for hydroxylation is 1. The molecule has 23 heavy (non-hydrogen) atoms. The minimum atomic E-state index is -1.01. The number of amides is 1. The normalized spacial score (nSPS) is 17.8. The van der Waals surface area contributed by atoms with Gasteiger partial charge in [0.2, 0.25) is 0 Å². The first-order chi connectivity index (χ1) is 10.9. The first-order valence-electron chi connectivity index (χ1n) is 7.34. The minimum Gasteiger partial charge on any atom is -0.331 e. The van der Waals surface area contributed by atoms with Crippen molar-refractivity contribution in [3.8, 4) is 0 Å². The van der Waals surface area contributed by atoms with E-state index < -0.39 is 22.6 Å². The van der Waals surface area contributed by atoms with Crippen LogP contribution in [0.2, 0.25) is 5.02 Å². The van der Waals surface area contributed by atoms with E-state index in [1.807, 2.05) is 14.0 Å². The number of rotatable bonds is 2. The lowest BCUT2D eigenvalue weighted by molar-refractivity contribution is 0.0730. The van der Waals surface area contributed by atoms with E-state index in [1.54, 1.807) is 15.8 Å². The number of benzene rings is 1. The van der Waals surface area contributed by atoms with Crippen molar-refractivity contribution < 1.29 is 13.6 Å². The van der Waals surface area contributed by atoms with Gasteiger partial charge in [-0.3, -0.25) is 9.48 Å². The molecule has 1 aliphatic rings. The van der Waals surface area contributed by atoms with Crippen LogP contribution in [0.5, 0.6) is 0 Å². The van der Waals surface area contributed by atoms with Crippen LogP contribution < -0.4 is 0 Å². The van der Waals surface area contributed by atoms with Gasteiger partial charge in [0.1, 0.15) is 10.8 Å². The summed E-state index contributed by atoms with van der Waals surface area (Å²) >= 11 is 5.58. The summed E-state index contributed by atoms with van der Waals surface area (Å²) in [6.07, 6.45) is 3.34. The van der Waals surface area contributed by atoms with Crippen LogP contribution in [0.3, 0.4) is 0 Å². The van der Waals surface area contributed by atoms with E-state index in [4.69, 9.17) is 11.6 Å². The quantitative estimate of drug-likeness (QED) is 0.783. The lowest BCUT2D eigenvalue weighted by Gasteiger charge is -2.25. The Bertz CT molecular complexity index is 775. The Morgan fingerprint density at radius 2 is 2.13 bits per heavy atom. The lowest BCUT2D eigenvalue weighted by Crippen LogP contribution is -2.31. The van der Waals surface area contributed by atoms with Crippen molar-refractivity contribution in [1.29, 1.82) is 0 Å². The number of carbonyl (C=O) groups is 1. The number of carbonyl (C=O) groups excluding carboxylic acids is 1. The van der Waals surface area contributed by atoms with Crippen molar-refractivity contribution >= 4 is 17.5 Å². The topological polar surface area (TPSA) is 38.1 Å². The number of likely N-dealkylation sites (tertiary alicyclic amines) is 1. The highest BCUT2D eigenvalue weighted by Crippen LogP contribution is 2.35. The van der Waals surface area contributed by atoms with E-state index in [9.17, 15) is 13.6 Å². The van der Waals surface area contributed by atoms with E-state index >= 15 is 0 Å². The SMILES string of the molecule is Cc1c(C2CCCN2C(=O)c2ccc(F)c(Cl)c2F)cnn1C. The highest BCUT2D eigenvalue weighted by atomic mass is 35.5. The summed E-state index contributed by atoms with van der Waals surface area (Å²) in [6.45, 7) is 2.45. The molecule has 0 spiro atoms. The summed E-state index contributed by atoms with van der Waals surface area (Å²) in [5, 5.41) is 3.56. The van der Waals surface area contributed by atoms with Crippen molar-refractivity contribution in [3.63, 3.8) is 0 Å². The summed E-state index contributed by atoms with van der Waals surface area (Å²) < 4.78 is 29.2. The molecule has 0 N–H and O–H groups in total.